The predicted octanol–water partition coefficient (Wildman–Crippen LogP) is 3.09. The lowest BCUT2D eigenvalue weighted by Crippen LogP contribution is -2.30. The van der Waals surface area contributed by atoms with E-state index < -0.39 is 0 Å². The van der Waals surface area contributed by atoms with Crippen molar-refractivity contribution in [2.24, 2.45) is 0 Å². The average Bonchev–Trinajstić information content (AvgIpc) is 3.48. The van der Waals surface area contributed by atoms with Gasteiger partial charge in [-0.1, -0.05) is 11.2 Å². The molecule has 7 nitrogen and oxygen atoms in total. The Kier molecular flexibility index (Phi) is 4.05. The molecule has 0 radical (unpaired) electrons. The number of hydrogen-bond acceptors (Lipinski definition) is 7. The minimum atomic E-state index is 0.0953. The topological polar surface area (TPSA) is 77.7 Å². The highest BCUT2D eigenvalue weighted by atomic mass is 32.1. The van der Waals surface area contributed by atoms with Crippen LogP contribution >= 0.6 is 11.3 Å². The van der Waals surface area contributed by atoms with E-state index in [1.165, 1.54) is 0 Å². The van der Waals surface area contributed by atoms with Crippen LogP contribution < -0.4 is 9.47 Å². The van der Waals surface area contributed by atoms with Crippen LogP contribution in [-0.4, -0.2) is 40.8 Å². The summed E-state index contributed by atoms with van der Waals surface area (Å²) >= 11 is 1.59. The number of amides is 1. The van der Waals surface area contributed by atoms with Crippen molar-refractivity contribution in [3.63, 3.8) is 0 Å². The van der Waals surface area contributed by atoms with E-state index in [9.17, 15) is 4.79 Å². The molecule has 3 aromatic rings. The van der Waals surface area contributed by atoms with Crippen molar-refractivity contribution in [1.82, 2.24) is 15.0 Å². The highest BCUT2D eigenvalue weighted by Gasteiger charge is 2.30. The Morgan fingerprint density at radius 2 is 2.19 bits per heavy atom. The maximum absolute atomic E-state index is 12.7. The van der Waals surface area contributed by atoms with E-state index in [0.29, 0.717) is 37.0 Å². The maximum Gasteiger partial charge on any atom is 0.258 e. The summed E-state index contributed by atoms with van der Waals surface area (Å²) in [7, 11) is 0. The Bertz CT molecular complexity index is 969. The van der Waals surface area contributed by atoms with E-state index in [-0.39, 0.29) is 18.6 Å². The summed E-state index contributed by atoms with van der Waals surface area (Å²) < 4.78 is 16.1. The lowest BCUT2D eigenvalue weighted by molar-refractivity contribution is -0.129. The second kappa shape index (κ2) is 6.70. The smallest absolute Gasteiger partial charge is 0.258 e. The highest BCUT2D eigenvalue weighted by molar-refractivity contribution is 7.08. The second-order valence-electron chi connectivity index (χ2n) is 6.66. The molecule has 1 atom stereocenters. The molecule has 1 amide bonds. The highest BCUT2D eigenvalue weighted by Crippen LogP contribution is 2.33. The zero-order valence-electron chi connectivity index (χ0n) is 14.5. The molecule has 2 aliphatic rings. The Balaban J connectivity index is 1.23. The number of likely N-dealkylation sites (tertiary alicyclic amines) is 1. The summed E-state index contributed by atoms with van der Waals surface area (Å²) in [4.78, 5) is 19.1. The van der Waals surface area contributed by atoms with Gasteiger partial charge in [0.25, 0.3) is 5.89 Å². The monoisotopic (exact) mass is 383 g/mol. The first-order valence-corrected chi connectivity index (χ1v) is 9.73. The van der Waals surface area contributed by atoms with Gasteiger partial charge < -0.3 is 18.9 Å². The van der Waals surface area contributed by atoms with Gasteiger partial charge >= 0.3 is 0 Å². The number of nitrogens with zero attached hydrogens (tertiary/aromatic N) is 3. The van der Waals surface area contributed by atoms with Crippen LogP contribution in [0.1, 0.15) is 23.7 Å². The molecule has 4 heterocycles. The van der Waals surface area contributed by atoms with Crippen LogP contribution in [0.4, 0.5) is 0 Å². The molecule has 0 N–H and O–H groups in total. The summed E-state index contributed by atoms with van der Waals surface area (Å²) in [5.74, 6) is 2.85. The number of hydrogen-bond donors (Lipinski definition) is 0. The normalized spacial score (nSPS) is 18.2. The maximum atomic E-state index is 12.7. The Morgan fingerprint density at radius 3 is 3.07 bits per heavy atom. The van der Waals surface area contributed by atoms with Crippen molar-refractivity contribution in [3.05, 3.63) is 46.4 Å². The number of ether oxygens (including phenoxy) is 2. The molecule has 27 heavy (non-hydrogen) atoms. The molecule has 0 aliphatic carbocycles. The molecule has 0 spiro atoms. The number of fused-ring (bicyclic) bond motifs is 1. The number of rotatable bonds is 4. The number of benzene rings is 1. The van der Waals surface area contributed by atoms with Crippen LogP contribution in [0.25, 0.3) is 11.5 Å². The lowest BCUT2D eigenvalue weighted by Gasteiger charge is -2.16. The van der Waals surface area contributed by atoms with Crippen molar-refractivity contribution in [2.45, 2.75) is 18.8 Å². The number of aromatic nitrogens is 2. The van der Waals surface area contributed by atoms with Gasteiger partial charge in [0.2, 0.25) is 12.7 Å². The van der Waals surface area contributed by atoms with Crippen LogP contribution in [-0.2, 0) is 11.2 Å². The van der Waals surface area contributed by atoms with Crippen LogP contribution in [0.15, 0.2) is 39.5 Å². The van der Waals surface area contributed by atoms with Crippen molar-refractivity contribution in [3.8, 4) is 23.0 Å². The van der Waals surface area contributed by atoms with E-state index in [4.69, 9.17) is 14.0 Å². The third-order valence-corrected chi connectivity index (χ3v) is 5.59. The fourth-order valence-corrected chi connectivity index (χ4v) is 4.07. The first-order chi connectivity index (χ1) is 13.3. The Morgan fingerprint density at radius 1 is 1.26 bits per heavy atom. The molecule has 2 aliphatic heterocycles. The van der Waals surface area contributed by atoms with E-state index in [1.807, 2.05) is 39.9 Å². The van der Waals surface area contributed by atoms with E-state index in [1.54, 1.807) is 11.3 Å². The molecule has 1 saturated heterocycles. The molecule has 2 aromatic heterocycles. The van der Waals surface area contributed by atoms with Gasteiger partial charge in [0, 0.05) is 24.4 Å². The SMILES string of the molecule is O=C(Cc1ccc2c(c1)OCO2)N1CCC(c2noc(-c3ccsc3)n2)C1. The van der Waals surface area contributed by atoms with Gasteiger partial charge in [-0.05, 0) is 35.6 Å². The molecule has 0 bridgehead atoms. The molecule has 0 saturated carbocycles. The lowest BCUT2D eigenvalue weighted by atomic mass is 10.1. The first-order valence-electron chi connectivity index (χ1n) is 8.79. The van der Waals surface area contributed by atoms with Crippen molar-refractivity contribution < 1.29 is 18.8 Å². The van der Waals surface area contributed by atoms with Gasteiger partial charge in [-0.3, -0.25) is 4.79 Å². The van der Waals surface area contributed by atoms with Crippen LogP contribution in [0.3, 0.4) is 0 Å². The molecule has 8 heteroatoms. The van der Waals surface area contributed by atoms with Crippen molar-refractivity contribution in [1.29, 1.82) is 0 Å². The quantitative estimate of drug-likeness (QED) is 0.689. The van der Waals surface area contributed by atoms with Gasteiger partial charge in [-0.25, -0.2) is 0 Å². The largest absolute Gasteiger partial charge is 0.454 e. The average molecular weight is 383 g/mol. The number of carbonyl (C=O) groups excluding carboxylic acids is 1. The van der Waals surface area contributed by atoms with Crippen LogP contribution in [0.2, 0.25) is 0 Å². The van der Waals surface area contributed by atoms with Gasteiger partial charge in [0.1, 0.15) is 0 Å². The van der Waals surface area contributed by atoms with Gasteiger partial charge in [0.05, 0.1) is 12.0 Å². The molecular formula is C19H17N3O4S. The Hall–Kier alpha value is -2.87. The fourth-order valence-electron chi connectivity index (χ4n) is 3.44. The van der Waals surface area contributed by atoms with Gasteiger partial charge in [-0.15, -0.1) is 0 Å². The molecular weight excluding hydrogens is 366 g/mol. The number of carbonyl (C=O) groups is 1. The summed E-state index contributed by atoms with van der Waals surface area (Å²) in [5, 5.41) is 8.08. The molecule has 1 unspecified atom stereocenters. The Labute approximate surface area is 159 Å². The van der Waals surface area contributed by atoms with Gasteiger partial charge in [-0.2, -0.15) is 16.3 Å². The zero-order chi connectivity index (χ0) is 18.2. The zero-order valence-corrected chi connectivity index (χ0v) is 15.3. The molecule has 1 aromatic carbocycles. The minimum Gasteiger partial charge on any atom is -0.454 e. The molecule has 1 fully saturated rings. The third-order valence-electron chi connectivity index (χ3n) is 4.91. The fraction of sp³-hybridized carbons (Fsp3) is 0.316. The first kappa shape index (κ1) is 16.3. The minimum absolute atomic E-state index is 0.0953. The van der Waals surface area contributed by atoms with Crippen LogP contribution in [0.5, 0.6) is 11.5 Å². The van der Waals surface area contributed by atoms with Crippen molar-refractivity contribution in [2.75, 3.05) is 19.9 Å². The summed E-state index contributed by atoms with van der Waals surface area (Å²) in [6.45, 7) is 1.56. The summed E-state index contributed by atoms with van der Waals surface area (Å²) in [6.07, 6.45) is 1.19. The summed E-state index contributed by atoms with van der Waals surface area (Å²) in [5.41, 5.74) is 1.86. The molecule has 138 valence electrons. The van der Waals surface area contributed by atoms with E-state index in [2.05, 4.69) is 10.1 Å². The van der Waals surface area contributed by atoms with E-state index >= 15 is 0 Å². The predicted molar refractivity (Wildman–Crippen MR) is 97.8 cm³/mol. The van der Waals surface area contributed by atoms with Crippen molar-refractivity contribution >= 4 is 17.2 Å². The summed E-state index contributed by atoms with van der Waals surface area (Å²) in [6, 6.07) is 7.59. The second-order valence-corrected chi connectivity index (χ2v) is 7.44. The van der Waals surface area contributed by atoms with Crippen LogP contribution in [0, 0.1) is 0 Å². The van der Waals surface area contributed by atoms with Gasteiger partial charge in [0.15, 0.2) is 17.3 Å². The number of thiophene rings is 1. The van der Waals surface area contributed by atoms with E-state index in [0.717, 1.165) is 23.3 Å². The standard InChI is InChI=1S/C19H17N3O4S/c23-17(8-12-1-2-15-16(7-12)25-11-24-15)22-5-3-13(9-22)18-20-19(26-21-18)14-4-6-27-10-14/h1-2,4,6-7,10,13H,3,5,8-9,11H2. The third kappa shape index (κ3) is 3.16. The molecule has 5 rings (SSSR count).